The van der Waals surface area contributed by atoms with Gasteiger partial charge in [0, 0.05) is 11.1 Å². The van der Waals surface area contributed by atoms with Gasteiger partial charge in [-0.25, -0.2) is 4.98 Å². The largest absolute Gasteiger partial charge is 0.468 e. The molecule has 2 aromatic heterocycles. The highest BCUT2D eigenvalue weighted by atomic mass is 32.1. The van der Waals surface area contributed by atoms with E-state index in [1.54, 1.807) is 17.6 Å². The molecule has 0 saturated heterocycles. The first-order valence-corrected chi connectivity index (χ1v) is 6.20. The summed E-state index contributed by atoms with van der Waals surface area (Å²) < 4.78 is 5.36. The average molecular weight is 236 g/mol. The molecule has 0 aliphatic carbocycles. The minimum Gasteiger partial charge on any atom is -0.468 e. The Balaban J connectivity index is 2.00. The van der Waals surface area contributed by atoms with Crippen LogP contribution in [0.2, 0.25) is 0 Å². The molecule has 0 fully saturated rings. The van der Waals surface area contributed by atoms with Crippen molar-refractivity contribution >= 4 is 11.3 Å². The van der Waals surface area contributed by atoms with Crippen LogP contribution in [-0.2, 0) is 0 Å². The Morgan fingerprint density at radius 2 is 2.19 bits per heavy atom. The van der Waals surface area contributed by atoms with Crippen molar-refractivity contribution in [2.24, 2.45) is 0 Å². The van der Waals surface area contributed by atoms with Gasteiger partial charge < -0.3 is 4.42 Å². The Hall–Kier alpha value is -1.13. The number of thiazole rings is 1. The van der Waals surface area contributed by atoms with Crippen molar-refractivity contribution in [1.29, 1.82) is 0 Å². The van der Waals surface area contributed by atoms with Gasteiger partial charge in [-0.15, -0.1) is 11.3 Å². The second kappa shape index (κ2) is 4.80. The van der Waals surface area contributed by atoms with E-state index in [2.05, 4.69) is 31.1 Å². The molecule has 2 atom stereocenters. The lowest BCUT2D eigenvalue weighted by molar-refractivity contribution is 0.402. The van der Waals surface area contributed by atoms with Gasteiger partial charge in [0.2, 0.25) is 0 Å². The molecule has 2 unspecified atom stereocenters. The summed E-state index contributed by atoms with van der Waals surface area (Å²) in [6.45, 7) is 6.29. The third-order valence-electron chi connectivity index (χ3n) is 2.48. The van der Waals surface area contributed by atoms with Crippen molar-refractivity contribution in [2.45, 2.75) is 32.9 Å². The van der Waals surface area contributed by atoms with Crippen molar-refractivity contribution in [2.75, 3.05) is 0 Å². The third-order valence-corrected chi connectivity index (χ3v) is 3.58. The van der Waals surface area contributed by atoms with Gasteiger partial charge in [-0.05, 0) is 32.9 Å². The van der Waals surface area contributed by atoms with E-state index in [9.17, 15) is 0 Å². The molecule has 0 amide bonds. The van der Waals surface area contributed by atoms with Crippen LogP contribution in [0.5, 0.6) is 0 Å². The second-order valence-electron chi connectivity index (χ2n) is 3.93. The Kier molecular flexibility index (Phi) is 3.41. The predicted octanol–water partition coefficient (Wildman–Crippen LogP) is 3.46. The maximum atomic E-state index is 5.36. The lowest BCUT2D eigenvalue weighted by Crippen LogP contribution is -2.21. The molecule has 86 valence electrons. The number of hydrogen-bond acceptors (Lipinski definition) is 4. The topological polar surface area (TPSA) is 38.1 Å². The van der Waals surface area contributed by atoms with Gasteiger partial charge in [0.1, 0.15) is 10.8 Å². The van der Waals surface area contributed by atoms with Gasteiger partial charge >= 0.3 is 0 Å². The quantitative estimate of drug-likeness (QED) is 0.883. The normalized spacial score (nSPS) is 14.9. The number of hydrogen-bond donors (Lipinski definition) is 1. The average Bonchev–Trinajstić information content (AvgIpc) is 2.87. The van der Waals surface area contributed by atoms with Crippen LogP contribution in [0.1, 0.15) is 41.6 Å². The van der Waals surface area contributed by atoms with Crippen LogP contribution < -0.4 is 5.32 Å². The van der Waals surface area contributed by atoms with Crippen molar-refractivity contribution in [1.82, 2.24) is 10.3 Å². The molecule has 0 spiro atoms. The molecule has 2 aromatic rings. The van der Waals surface area contributed by atoms with Crippen molar-refractivity contribution in [3.05, 3.63) is 40.2 Å². The second-order valence-corrected chi connectivity index (χ2v) is 5.20. The smallest absolute Gasteiger partial charge is 0.120 e. The molecule has 0 aliphatic rings. The Morgan fingerprint density at radius 3 is 2.75 bits per heavy atom. The van der Waals surface area contributed by atoms with Crippen LogP contribution >= 0.6 is 11.3 Å². The van der Waals surface area contributed by atoms with Crippen molar-refractivity contribution in [3.8, 4) is 0 Å². The van der Waals surface area contributed by atoms with Crippen molar-refractivity contribution in [3.63, 3.8) is 0 Å². The number of aromatic nitrogens is 1. The number of rotatable bonds is 4. The molecular weight excluding hydrogens is 220 g/mol. The highest BCUT2D eigenvalue weighted by Gasteiger charge is 2.14. The summed E-state index contributed by atoms with van der Waals surface area (Å²) in [7, 11) is 0. The van der Waals surface area contributed by atoms with E-state index in [1.165, 1.54) is 4.88 Å². The monoisotopic (exact) mass is 236 g/mol. The van der Waals surface area contributed by atoms with Crippen LogP contribution in [0.3, 0.4) is 0 Å². The first-order valence-electron chi connectivity index (χ1n) is 5.38. The fourth-order valence-electron chi connectivity index (χ4n) is 1.64. The van der Waals surface area contributed by atoms with Crippen LogP contribution in [0.4, 0.5) is 0 Å². The summed E-state index contributed by atoms with van der Waals surface area (Å²) in [6, 6.07) is 4.34. The molecule has 1 N–H and O–H groups in total. The van der Waals surface area contributed by atoms with E-state index in [0.29, 0.717) is 0 Å². The van der Waals surface area contributed by atoms with E-state index < -0.39 is 0 Å². The zero-order valence-corrected chi connectivity index (χ0v) is 10.5. The summed E-state index contributed by atoms with van der Waals surface area (Å²) in [4.78, 5) is 5.62. The molecule has 16 heavy (non-hydrogen) atoms. The lowest BCUT2D eigenvalue weighted by Gasteiger charge is -2.16. The minimum absolute atomic E-state index is 0.203. The van der Waals surface area contributed by atoms with Gasteiger partial charge in [-0.1, -0.05) is 0 Å². The van der Waals surface area contributed by atoms with Gasteiger partial charge in [0.05, 0.1) is 18.3 Å². The number of nitrogens with zero attached hydrogens (tertiary/aromatic N) is 1. The van der Waals surface area contributed by atoms with E-state index in [1.807, 2.05) is 18.3 Å². The van der Waals surface area contributed by atoms with Crippen LogP contribution in [-0.4, -0.2) is 4.98 Å². The molecule has 2 rings (SSSR count). The summed E-state index contributed by atoms with van der Waals surface area (Å²) in [5.74, 6) is 0.958. The predicted molar refractivity (Wildman–Crippen MR) is 65.5 cm³/mol. The highest BCUT2D eigenvalue weighted by molar-refractivity contribution is 7.11. The minimum atomic E-state index is 0.203. The van der Waals surface area contributed by atoms with E-state index in [-0.39, 0.29) is 12.1 Å². The molecular formula is C12H16N2OS. The number of furan rings is 1. The Bertz CT molecular complexity index is 436. The molecule has 2 heterocycles. The summed E-state index contributed by atoms with van der Waals surface area (Å²) in [6.07, 6.45) is 3.61. The molecule has 0 aromatic carbocycles. The van der Waals surface area contributed by atoms with Crippen molar-refractivity contribution < 1.29 is 4.42 Å². The molecule has 0 aliphatic heterocycles. The number of aryl methyl sites for hydroxylation is 1. The zero-order chi connectivity index (χ0) is 11.5. The fourth-order valence-corrected chi connectivity index (χ4v) is 2.42. The summed E-state index contributed by atoms with van der Waals surface area (Å²) >= 11 is 1.73. The van der Waals surface area contributed by atoms with E-state index in [4.69, 9.17) is 4.42 Å². The van der Waals surface area contributed by atoms with Crippen LogP contribution in [0, 0.1) is 6.92 Å². The molecule has 3 nitrogen and oxygen atoms in total. The standard InChI is InChI=1S/C12H16N2OS/c1-8-7-13-12(16-8)10(3)14-9(2)11-5-4-6-15-11/h4-7,9-10,14H,1-3H3. The fraction of sp³-hybridized carbons (Fsp3) is 0.417. The lowest BCUT2D eigenvalue weighted by atomic mass is 10.2. The Morgan fingerprint density at radius 1 is 1.38 bits per heavy atom. The first-order chi connectivity index (χ1) is 7.66. The SMILES string of the molecule is Cc1cnc(C(C)NC(C)c2ccco2)s1. The molecule has 4 heteroatoms. The van der Waals surface area contributed by atoms with Crippen LogP contribution in [0.15, 0.2) is 29.0 Å². The molecule has 0 radical (unpaired) electrons. The zero-order valence-electron chi connectivity index (χ0n) is 9.73. The summed E-state index contributed by atoms with van der Waals surface area (Å²) in [5.41, 5.74) is 0. The highest BCUT2D eigenvalue weighted by Crippen LogP contribution is 2.22. The Labute approximate surface area is 99.5 Å². The van der Waals surface area contributed by atoms with E-state index >= 15 is 0 Å². The third kappa shape index (κ3) is 2.51. The number of nitrogens with one attached hydrogen (secondary N) is 1. The van der Waals surface area contributed by atoms with Gasteiger partial charge in [-0.3, -0.25) is 5.32 Å². The first kappa shape index (κ1) is 11.4. The molecule has 0 bridgehead atoms. The maximum Gasteiger partial charge on any atom is 0.120 e. The maximum absolute atomic E-state index is 5.36. The van der Waals surface area contributed by atoms with E-state index in [0.717, 1.165) is 10.8 Å². The van der Waals surface area contributed by atoms with Gasteiger partial charge in [0.15, 0.2) is 0 Å². The van der Waals surface area contributed by atoms with Gasteiger partial charge in [-0.2, -0.15) is 0 Å². The van der Waals surface area contributed by atoms with Gasteiger partial charge in [0.25, 0.3) is 0 Å². The molecule has 0 saturated carbocycles. The summed E-state index contributed by atoms with van der Waals surface area (Å²) in [5, 5.41) is 4.59. The van der Waals surface area contributed by atoms with Crippen LogP contribution in [0.25, 0.3) is 0 Å².